The van der Waals surface area contributed by atoms with E-state index in [4.69, 9.17) is 9.97 Å². The van der Waals surface area contributed by atoms with Crippen LogP contribution in [0.3, 0.4) is 0 Å². The molecule has 0 saturated heterocycles. The Bertz CT molecular complexity index is 2550. The van der Waals surface area contributed by atoms with Crippen LogP contribution in [0, 0.1) is 0 Å². The van der Waals surface area contributed by atoms with E-state index in [9.17, 15) is 19.2 Å². The van der Waals surface area contributed by atoms with Crippen LogP contribution in [-0.4, -0.2) is 33.1 Å². The summed E-state index contributed by atoms with van der Waals surface area (Å²) in [5.41, 5.74) is 9.32. The van der Waals surface area contributed by atoms with Gasteiger partial charge in [-0.2, -0.15) is 0 Å². The lowest BCUT2D eigenvalue weighted by atomic mass is 9.70. The SMILES string of the molecule is CCCCCCCCC1(CCCCCCCC)c2cc(-c3ncc(C=C4C(=O)c5ccccc5C4=O)s3)ccc2-c2ccc(-c3ncc(C=C4C(=O)c5ccccc5C4=O)s3)cc21. The number of ketones is 4. The number of nitrogens with zero attached hydrogens (tertiary/aromatic N) is 2. The van der Waals surface area contributed by atoms with Crippen molar-refractivity contribution < 1.29 is 19.2 Å². The fraction of sp³-hybridized carbons (Fsp3) is 0.309. The molecule has 3 aliphatic rings. The summed E-state index contributed by atoms with van der Waals surface area (Å²) in [7, 11) is 0. The first-order valence-electron chi connectivity index (χ1n) is 22.8. The lowest BCUT2D eigenvalue weighted by molar-refractivity contribution is 0.0975. The zero-order valence-electron chi connectivity index (χ0n) is 36.1. The summed E-state index contributed by atoms with van der Waals surface area (Å²) >= 11 is 3.02. The number of thiazole rings is 2. The number of carbonyl (C=O) groups excluding carboxylic acids is 4. The third-order valence-corrected chi connectivity index (χ3v) is 15.2. The molecule has 63 heavy (non-hydrogen) atoms. The van der Waals surface area contributed by atoms with Crippen LogP contribution in [0.5, 0.6) is 0 Å². The summed E-state index contributed by atoms with van der Waals surface area (Å²) in [6, 6.07) is 27.7. The molecule has 0 N–H and O–H groups in total. The Morgan fingerprint density at radius 2 is 0.825 bits per heavy atom. The van der Waals surface area contributed by atoms with Gasteiger partial charge in [0.05, 0.1) is 11.1 Å². The first kappa shape index (κ1) is 42.6. The molecule has 0 saturated carbocycles. The summed E-state index contributed by atoms with van der Waals surface area (Å²) in [6.45, 7) is 4.53. The van der Waals surface area contributed by atoms with Crippen LogP contribution in [0.15, 0.2) is 108 Å². The maximum atomic E-state index is 13.2. The molecule has 6 nitrogen and oxygen atoms in total. The van der Waals surface area contributed by atoms with Crippen LogP contribution >= 0.6 is 22.7 Å². The number of rotatable bonds is 18. The zero-order chi connectivity index (χ0) is 43.5. The molecule has 0 bridgehead atoms. The maximum Gasteiger partial charge on any atom is 0.197 e. The van der Waals surface area contributed by atoms with Gasteiger partial charge >= 0.3 is 0 Å². The number of carbonyl (C=O) groups is 4. The monoisotopic (exact) mass is 868 g/mol. The topological polar surface area (TPSA) is 94.1 Å². The number of benzene rings is 4. The highest BCUT2D eigenvalue weighted by molar-refractivity contribution is 7.16. The highest BCUT2D eigenvalue weighted by Crippen LogP contribution is 2.56. The normalized spacial score (nSPS) is 14.6. The molecule has 0 atom stereocenters. The van der Waals surface area contributed by atoms with Crippen LogP contribution in [0.25, 0.3) is 44.4 Å². The van der Waals surface area contributed by atoms with E-state index >= 15 is 0 Å². The van der Waals surface area contributed by atoms with Crippen molar-refractivity contribution in [1.82, 2.24) is 9.97 Å². The van der Waals surface area contributed by atoms with Crippen molar-refractivity contribution in [3.05, 3.63) is 152 Å². The van der Waals surface area contributed by atoms with Gasteiger partial charge in [-0.05, 0) is 59.4 Å². The molecular formula is C55H52N2O4S2. The Morgan fingerprint density at radius 3 is 1.21 bits per heavy atom. The molecule has 2 aromatic heterocycles. The molecule has 8 heteroatoms. The fourth-order valence-corrected chi connectivity index (χ4v) is 11.6. The third-order valence-electron chi connectivity index (χ3n) is 13.2. The standard InChI is InChI=1S/C55H52N2O4S2/c1-3-5-7-9-11-17-27-55(28-18-12-10-8-6-4-2)47-29-35(53-56-33-37(62-53)31-45-49(58)41-19-13-14-20-42(41)50(45)59)23-25-39(47)40-26-24-36(30-48(40)55)54-57-34-38(63-54)32-46-51(60)43-21-15-16-22-44(43)52(46)61/h13-16,19-26,29-34H,3-12,17-18,27-28H2,1-2H3. The quantitative estimate of drug-likeness (QED) is 0.0485. The number of allylic oxidation sites excluding steroid dienone is 2. The molecule has 0 unspecified atom stereocenters. The molecule has 3 aliphatic carbocycles. The van der Waals surface area contributed by atoms with Crippen molar-refractivity contribution in [2.75, 3.05) is 0 Å². The van der Waals surface area contributed by atoms with E-state index in [-0.39, 0.29) is 39.7 Å². The molecule has 0 radical (unpaired) electrons. The molecule has 0 aliphatic heterocycles. The van der Waals surface area contributed by atoms with E-state index < -0.39 is 0 Å². The van der Waals surface area contributed by atoms with Crippen LogP contribution in [0.2, 0.25) is 0 Å². The molecule has 4 aromatic carbocycles. The van der Waals surface area contributed by atoms with E-state index in [1.165, 1.54) is 109 Å². The van der Waals surface area contributed by atoms with Gasteiger partial charge in [0.15, 0.2) is 23.1 Å². The predicted molar refractivity (Wildman–Crippen MR) is 257 cm³/mol. The van der Waals surface area contributed by atoms with Crippen molar-refractivity contribution in [2.45, 2.75) is 109 Å². The Morgan fingerprint density at radius 1 is 0.460 bits per heavy atom. The number of hydrogen-bond donors (Lipinski definition) is 0. The van der Waals surface area contributed by atoms with Gasteiger partial charge in [0.2, 0.25) is 0 Å². The molecule has 0 amide bonds. The van der Waals surface area contributed by atoms with Gasteiger partial charge in [0.1, 0.15) is 10.0 Å². The van der Waals surface area contributed by atoms with Gasteiger partial charge in [0.25, 0.3) is 0 Å². The highest BCUT2D eigenvalue weighted by atomic mass is 32.1. The molecular weight excluding hydrogens is 817 g/mol. The maximum absolute atomic E-state index is 13.2. The fourth-order valence-electron chi connectivity index (χ4n) is 9.90. The van der Waals surface area contributed by atoms with Crippen LogP contribution in [0.1, 0.15) is 166 Å². The van der Waals surface area contributed by atoms with Crippen LogP contribution < -0.4 is 0 Å². The van der Waals surface area contributed by atoms with Crippen molar-refractivity contribution >= 4 is 58.0 Å². The molecule has 2 heterocycles. The first-order valence-corrected chi connectivity index (χ1v) is 24.5. The second kappa shape index (κ2) is 18.6. The van der Waals surface area contributed by atoms with E-state index in [0.717, 1.165) is 56.6 Å². The van der Waals surface area contributed by atoms with Crippen molar-refractivity contribution in [2.24, 2.45) is 0 Å². The first-order chi connectivity index (χ1) is 30.8. The molecule has 9 rings (SSSR count). The number of fused-ring (bicyclic) bond motifs is 5. The molecule has 6 aromatic rings. The van der Waals surface area contributed by atoms with E-state index in [1.807, 2.05) is 0 Å². The second-order valence-corrected chi connectivity index (χ2v) is 19.4. The van der Waals surface area contributed by atoms with E-state index in [1.54, 1.807) is 73.1 Å². The Kier molecular flexibility index (Phi) is 12.6. The summed E-state index contributed by atoms with van der Waals surface area (Å²) in [5.74, 6) is -0.925. The number of unbranched alkanes of at least 4 members (excludes halogenated alkanes) is 10. The van der Waals surface area contributed by atoms with Gasteiger partial charge in [-0.3, -0.25) is 19.2 Å². The van der Waals surface area contributed by atoms with Crippen molar-refractivity contribution in [3.8, 4) is 32.3 Å². The number of Topliss-reactive ketones (excluding diaryl/α,β-unsaturated/α-hetero) is 4. The smallest absolute Gasteiger partial charge is 0.197 e. The summed E-state index contributed by atoms with van der Waals surface area (Å²) in [4.78, 5) is 64.2. The van der Waals surface area contributed by atoms with E-state index in [2.05, 4.69) is 50.2 Å². The minimum absolute atomic E-state index is 0.193. The Labute approximate surface area is 378 Å². The largest absolute Gasteiger partial charge is 0.288 e. The highest BCUT2D eigenvalue weighted by Gasteiger charge is 2.43. The summed E-state index contributed by atoms with van der Waals surface area (Å²) in [6.07, 6.45) is 23.7. The second-order valence-electron chi connectivity index (χ2n) is 17.3. The van der Waals surface area contributed by atoms with Gasteiger partial charge in [-0.1, -0.05) is 164 Å². The van der Waals surface area contributed by atoms with Crippen molar-refractivity contribution in [1.29, 1.82) is 0 Å². The zero-order valence-corrected chi connectivity index (χ0v) is 37.8. The van der Waals surface area contributed by atoms with Crippen molar-refractivity contribution in [3.63, 3.8) is 0 Å². The third kappa shape index (κ3) is 8.20. The molecule has 0 spiro atoms. The lowest BCUT2D eigenvalue weighted by Gasteiger charge is -2.33. The van der Waals surface area contributed by atoms with Crippen LogP contribution in [-0.2, 0) is 5.41 Å². The number of hydrogen-bond acceptors (Lipinski definition) is 8. The average Bonchev–Trinajstić information content (AvgIpc) is 4.13. The minimum atomic E-state index is -0.231. The molecule has 318 valence electrons. The Balaban J connectivity index is 1.07. The van der Waals surface area contributed by atoms with Gasteiger partial charge in [-0.25, -0.2) is 9.97 Å². The van der Waals surface area contributed by atoms with Gasteiger partial charge in [0, 0.05) is 60.9 Å². The van der Waals surface area contributed by atoms with Crippen LogP contribution in [0.4, 0.5) is 0 Å². The summed E-state index contributed by atoms with van der Waals surface area (Å²) < 4.78 is 0. The van der Waals surface area contributed by atoms with Gasteiger partial charge in [-0.15, -0.1) is 22.7 Å². The Hall–Kier alpha value is -5.70. The lowest BCUT2D eigenvalue weighted by Crippen LogP contribution is -2.25. The average molecular weight is 869 g/mol. The van der Waals surface area contributed by atoms with Gasteiger partial charge < -0.3 is 0 Å². The predicted octanol–water partition coefficient (Wildman–Crippen LogP) is 14.6. The summed E-state index contributed by atoms with van der Waals surface area (Å²) in [5, 5.41) is 1.72. The molecule has 0 fully saturated rings. The van der Waals surface area contributed by atoms with E-state index in [0.29, 0.717) is 22.3 Å². The minimum Gasteiger partial charge on any atom is -0.288 e. The number of aromatic nitrogens is 2.